The van der Waals surface area contributed by atoms with E-state index in [1.807, 2.05) is 0 Å². The molecule has 0 aliphatic heterocycles. The van der Waals surface area contributed by atoms with Crippen molar-refractivity contribution in [2.24, 2.45) is 5.73 Å². The maximum Gasteiger partial charge on any atom is 0.451 e. The van der Waals surface area contributed by atoms with Crippen LogP contribution in [-0.4, -0.2) is 23.2 Å². The van der Waals surface area contributed by atoms with E-state index in [1.54, 1.807) is 6.07 Å². The van der Waals surface area contributed by atoms with Crippen molar-refractivity contribution in [3.8, 4) is 0 Å². The largest absolute Gasteiger partial charge is 0.451 e. The Balaban J connectivity index is 1.99. The smallest absolute Gasteiger partial charge is 0.427 e. The first-order chi connectivity index (χ1) is 11.0. The maximum atomic E-state index is 13.1. The van der Waals surface area contributed by atoms with Crippen LogP contribution in [0.15, 0.2) is 18.2 Å². The Kier molecular flexibility index (Phi) is 10.1. The summed E-state index contributed by atoms with van der Waals surface area (Å²) in [4.78, 5) is 0. The van der Waals surface area contributed by atoms with E-state index in [0.29, 0.717) is 6.32 Å². The summed E-state index contributed by atoms with van der Waals surface area (Å²) < 4.78 is 25.9. The second kappa shape index (κ2) is 11.5. The molecule has 0 aromatic heterocycles. The van der Waals surface area contributed by atoms with Gasteiger partial charge in [0.25, 0.3) is 0 Å². The van der Waals surface area contributed by atoms with Gasteiger partial charge >= 0.3 is 7.12 Å². The Bertz CT molecular complexity index is 447. The molecular formula is C17H28BF2NO2. The van der Waals surface area contributed by atoms with Gasteiger partial charge in [0.05, 0.1) is 0 Å². The van der Waals surface area contributed by atoms with Gasteiger partial charge in [-0.15, -0.1) is 0 Å². The van der Waals surface area contributed by atoms with Gasteiger partial charge in [0.15, 0.2) is 11.6 Å². The molecule has 0 saturated heterocycles. The molecule has 0 amide bonds. The lowest BCUT2D eigenvalue weighted by Crippen LogP contribution is -2.19. The van der Waals surface area contributed by atoms with Gasteiger partial charge in [-0.25, -0.2) is 8.78 Å². The summed E-state index contributed by atoms with van der Waals surface area (Å²) in [6.07, 6.45) is 8.98. The zero-order valence-electron chi connectivity index (χ0n) is 13.7. The van der Waals surface area contributed by atoms with Gasteiger partial charge in [-0.1, -0.05) is 38.2 Å². The number of unbranched alkanes of at least 4 members (excludes halogenated alkanes) is 4. The van der Waals surface area contributed by atoms with Crippen LogP contribution in [0, 0.1) is 11.6 Å². The second-order valence-corrected chi connectivity index (χ2v) is 6.23. The summed E-state index contributed by atoms with van der Waals surface area (Å²) >= 11 is 0. The van der Waals surface area contributed by atoms with Crippen LogP contribution < -0.4 is 5.73 Å². The summed E-state index contributed by atoms with van der Waals surface area (Å²) in [5.41, 5.74) is 6.86. The van der Waals surface area contributed by atoms with Gasteiger partial charge in [-0.3, -0.25) is 0 Å². The topological polar surface area (TPSA) is 66.5 Å². The second-order valence-electron chi connectivity index (χ2n) is 6.23. The van der Waals surface area contributed by atoms with Crippen molar-refractivity contribution < 1.29 is 18.8 Å². The molecule has 1 aromatic carbocycles. The molecule has 0 aliphatic rings. The monoisotopic (exact) mass is 327 g/mol. The molecular weight excluding hydrogens is 299 g/mol. The molecule has 0 saturated carbocycles. The first kappa shape index (κ1) is 20.1. The van der Waals surface area contributed by atoms with Gasteiger partial charge in [0.1, 0.15) is 0 Å². The molecule has 23 heavy (non-hydrogen) atoms. The first-order valence-corrected chi connectivity index (χ1v) is 8.54. The zero-order valence-corrected chi connectivity index (χ0v) is 13.7. The molecule has 0 spiro atoms. The molecule has 6 heteroatoms. The summed E-state index contributed by atoms with van der Waals surface area (Å²) in [6.45, 7) is 0. The van der Waals surface area contributed by atoms with Crippen LogP contribution in [0.1, 0.15) is 56.9 Å². The molecule has 1 rings (SSSR count). The Hall–Kier alpha value is -0.975. The molecule has 0 aliphatic carbocycles. The standard InChI is InChI=1S/C17H28BF2NO2/c19-16-11-10-14(13-17(16)20)7-3-1-2-4-8-15(21)9-5-6-12-18(22)23/h10-11,13,15,22-23H,1-9,12,21H2. The van der Waals surface area contributed by atoms with E-state index in [-0.39, 0.29) is 6.04 Å². The third-order valence-corrected chi connectivity index (χ3v) is 4.06. The minimum Gasteiger partial charge on any atom is -0.427 e. The Morgan fingerprint density at radius 3 is 2.22 bits per heavy atom. The van der Waals surface area contributed by atoms with E-state index >= 15 is 0 Å². The molecule has 0 fully saturated rings. The summed E-state index contributed by atoms with van der Waals surface area (Å²) in [5, 5.41) is 17.5. The molecule has 3 nitrogen and oxygen atoms in total. The van der Waals surface area contributed by atoms with Crippen molar-refractivity contribution in [1.29, 1.82) is 0 Å². The van der Waals surface area contributed by atoms with E-state index in [0.717, 1.165) is 63.4 Å². The van der Waals surface area contributed by atoms with Crippen LogP contribution in [0.2, 0.25) is 6.32 Å². The van der Waals surface area contributed by atoms with Crippen molar-refractivity contribution in [3.63, 3.8) is 0 Å². The van der Waals surface area contributed by atoms with Crippen molar-refractivity contribution >= 4 is 7.12 Å². The predicted octanol–water partition coefficient (Wildman–Crippen LogP) is 3.43. The normalized spacial score (nSPS) is 12.4. The van der Waals surface area contributed by atoms with Crippen LogP contribution in [0.25, 0.3) is 0 Å². The van der Waals surface area contributed by atoms with Crippen LogP contribution in [0.4, 0.5) is 8.78 Å². The van der Waals surface area contributed by atoms with Gasteiger partial charge in [-0.05, 0) is 49.7 Å². The third-order valence-electron chi connectivity index (χ3n) is 4.06. The minimum absolute atomic E-state index is 0.178. The fraction of sp³-hybridized carbons (Fsp3) is 0.647. The number of benzene rings is 1. The number of hydrogen-bond acceptors (Lipinski definition) is 3. The van der Waals surface area contributed by atoms with E-state index in [4.69, 9.17) is 15.8 Å². The highest BCUT2D eigenvalue weighted by atomic mass is 19.2. The number of nitrogens with two attached hydrogens (primary N) is 1. The highest BCUT2D eigenvalue weighted by Crippen LogP contribution is 2.14. The molecule has 0 bridgehead atoms. The van der Waals surface area contributed by atoms with Gasteiger partial charge < -0.3 is 15.8 Å². The molecule has 1 unspecified atom stereocenters. The average Bonchev–Trinajstić information content (AvgIpc) is 2.50. The maximum absolute atomic E-state index is 13.1. The number of rotatable bonds is 12. The molecule has 0 radical (unpaired) electrons. The van der Waals surface area contributed by atoms with E-state index in [1.165, 1.54) is 12.1 Å². The van der Waals surface area contributed by atoms with E-state index in [9.17, 15) is 8.78 Å². The predicted molar refractivity (Wildman–Crippen MR) is 90.0 cm³/mol. The quantitative estimate of drug-likeness (QED) is 0.407. The van der Waals surface area contributed by atoms with Crippen LogP contribution in [0.5, 0.6) is 0 Å². The number of aryl methyl sites for hydroxylation is 1. The van der Waals surface area contributed by atoms with Crippen molar-refractivity contribution in [3.05, 3.63) is 35.4 Å². The summed E-state index contributed by atoms with van der Waals surface area (Å²) in [5.74, 6) is -1.57. The van der Waals surface area contributed by atoms with Gasteiger partial charge in [0.2, 0.25) is 0 Å². The minimum atomic E-state index is -1.21. The molecule has 130 valence electrons. The molecule has 1 atom stereocenters. The van der Waals surface area contributed by atoms with Gasteiger partial charge in [0, 0.05) is 6.04 Å². The lowest BCUT2D eigenvalue weighted by molar-refractivity contribution is 0.400. The molecule has 1 aromatic rings. The summed E-state index contributed by atoms with van der Waals surface area (Å²) in [7, 11) is -1.21. The zero-order chi connectivity index (χ0) is 17.1. The lowest BCUT2D eigenvalue weighted by atomic mass is 9.83. The fourth-order valence-electron chi connectivity index (χ4n) is 2.66. The van der Waals surface area contributed by atoms with Crippen LogP contribution in [0.3, 0.4) is 0 Å². The van der Waals surface area contributed by atoms with Crippen LogP contribution >= 0.6 is 0 Å². The number of hydrogen-bond donors (Lipinski definition) is 3. The highest BCUT2D eigenvalue weighted by Gasteiger charge is 2.07. The fourth-order valence-corrected chi connectivity index (χ4v) is 2.66. The Morgan fingerprint density at radius 1 is 0.913 bits per heavy atom. The van der Waals surface area contributed by atoms with E-state index in [2.05, 4.69) is 0 Å². The number of halogens is 2. The molecule has 0 heterocycles. The highest BCUT2D eigenvalue weighted by molar-refractivity contribution is 6.40. The lowest BCUT2D eigenvalue weighted by Gasteiger charge is -2.11. The Morgan fingerprint density at radius 2 is 1.57 bits per heavy atom. The van der Waals surface area contributed by atoms with E-state index < -0.39 is 18.8 Å². The first-order valence-electron chi connectivity index (χ1n) is 8.54. The van der Waals surface area contributed by atoms with Crippen LogP contribution in [-0.2, 0) is 6.42 Å². The SMILES string of the molecule is NC(CCCCCCc1ccc(F)c(F)c1)CCCCB(O)O. The van der Waals surface area contributed by atoms with Crippen molar-refractivity contribution in [1.82, 2.24) is 0 Å². The van der Waals surface area contributed by atoms with Gasteiger partial charge in [-0.2, -0.15) is 0 Å². The van der Waals surface area contributed by atoms with Crippen molar-refractivity contribution in [2.75, 3.05) is 0 Å². The van der Waals surface area contributed by atoms with Crippen molar-refractivity contribution in [2.45, 2.75) is 70.1 Å². The third kappa shape index (κ3) is 9.69. The average molecular weight is 327 g/mol. The summed E-state index contributed by atoms with van der Waals surface area (Å²) in [6, 6.07) is 4.27. The Labute approximate surface area is 138 Å². The molecule has 4 N–H and O–H groups in total.